The van der Waals surface area contributed by atoms with Crippen LogP contribution in [0.15, 0.2) is 18.2 Å². The van der Waals surface area contributed by atoms with Crippen LogP contribution in [-0.4, -0.2) is 29.0 Å². The second kappa shape index (κ2) is 4.32. The molecule has 0 aliphatic heterocycles. The van der Waals surface area contributed by atoms with E-state index in [0.29, 0.717) is 6.04 Å². The van der Waals surface area contributed by atoms with Crippen molar-refractivity contribution in [3.05, 3.63) is 18.2 Å². The van der Waals surface area contributed by atoms with Crippen LogP contribution in [0.3, 0.4) is 0 Å². The molecule has 2 bridgehead atoms. The summed E-state index contributed by atoms with van der Waals surface area (Å²) in [6, 6.07) is 7.09. The van der Waals surface area contributed by atoms with E-state index in [1.165, 1.54) is 37.8 Å². The van der Waals surface area contributed by atoms with Crippen molar-refractivity contribution in [1.29, 1.82) is 0 Å². The Labute approximate surface area is 125 Å². The van der Waals surface area contributed by atoms with Gasteiger partial charge in [-0.2, -0.15) is 0 Å². The molecule has 3 aliphatic rings. The average molecular weight is 332 g/mol. The molecule has 2 aromatic rings. The molecule has 20 heavy (non-hydrogen) atoms. The molecule has 0 radical (unpaired) electrons. The third kappa shape index (κ3) is 1.58. The minimum atomic E-state index is 0.0747. The Morgan fingerprint density at radius 2 is 2.00 bits per heavy atom. The maximum atomic E-state index is 4.60. The fraction of sp³-hybridized carbons (Fsp3) is 0.625. The van der Waals surface area contributed by atoms with E-state index in [2.05, 4.69) is 31.5 Å². The predicted octanol–water partition coefficient (Wildman–Crippen LogP) is 2.92. The molecule has 0 spiro atoms. The number of anilines is 1. The predicted molar refractivity (Wildman–Crippen MR) is 80.9 cm³/mol. The van der Waals surface area contributed by atoms with Gasteiger partial charge in [-0.15, -0.1) is 0 Å². The topological polar surface area (TPSA) is 37.8 Å². The van der Waals surface area contributed by atoms with E-state index in [4.69, 9.17) is 0 Å². The number of nitrogens with one attached hydrogen (secondary N) is 1. The number of fused-ring (bicyclic) bond motifs is 6. The van der Waals surface area contributed by atoms with Crippen LogP contribution < -0.4 is 5.32 Å². The van der Waals surface area contributed by atoms with Gasteiger partial charge in [0, 0.05) is 0 Å². The van der Waals surface area contributed by atoms with Gasteiger partial charge in [-0.1, -0.05) is 0 Å². The Morgan fingerprint density at radius 1 is 1.05 bits per heavy atom. The first-order chi connectivity index (χ1) is 9.90. The summed E-state index contributed by atoms with van der Waals surface area (Å²) in [7, 11) is 0. The maximum absolute atomic E-state index is 4.60. The zero-order valence-electron chi connectivity index (χ0n) is 11.5. The standard InChI is InChI=1S/C16H19N3Se/c1-3-10-9-7-12(11(10)4-1)15(8-9)17-13-5-2-6-14-16(13)19-20-18-14/h2,5-6,9-12,15,17H,1,3-4,7-8H2. The van der Waals surface area contributed by atoms with Gasteiger partial charge in [0.1, 0.15) is 0 Å². The molecule has 0 saturated heterocycles. The van der Waals surface area contributed by atoms with E-state index in [0.717, 1.165) is 34.7 Å². The van der Waals surface area contributed by atoms with Crippen molar-refractivity contribution in [2.75, 3.05) is 5.32 Å². The van der Waals surface area contributed by atoms with Crippen LogP contribution in [-0.2, 0) is 0 Å². The quantitative estimate of drug-likeness (QED) is 0.860. The molecule has 5 atom stereocenters. The Kier molecular flexibility index (Phi) is 2.54. The molecular weight excluding hydrogens is 313 g/mol. The van der Waals surface area contributed by atoms with Gasteiger partial charge in [0.15, 0.2) is 0 Å². The number of rotatable bonds is 2. The normalized spacial score (nSPS) is 38.5. The summed E-state index contributed by atoms with van der Waals surface area (Å²) in [5.41, 5.74) is 3.45. The summed E-state index contributed by atoms with van der Waals surface area (Å²) in [5, 5.41) is 3.84. The van der Waals surface area contributed by atoms with Crippen molar-refractivity contribution < 1.29 is 0 Å². The first-order valence-electron chi connectivity index (χ1n) is 7.88. The van der Waals surface area contributed by atoms with E-state index in [9.17, 15) is 0 Å². The monoisotopic (exact) mass is 333 g/mol. The van der Waals surface area contributed by atoms with Crippen molar-refractivity contribution in [1.82, 2.24) is 7.96 Å². The summed E-state index contributed by atoms with van der Waals surface area (Å²) in [4.78, 5) is 0. The van der Waals surface area contributed by atoms with Crippen molar-refractivity contribution in [3.63, 3.8) is 0 Å². The molecule has 3 aliphatic carbocycles. The zero-order valence-corrected chi connectivity index (χ0v) is 13.2. The van der Waals surface area contributed by atoms with Crippen LogP contribution in [0.1, 0.15) is 32.1 Å². The van der Waals surface area contributed by atoms with Gasteiger partial charge in [0.05, 0.1) is 0 Å². The van der Waals surface area contributed by atoms with Crippen molar-refractivity contribution in [2.24, 2.45) is 23.7 Å². The Bertz CT molecular complexity index is 652. The molecule has 3 saturated carbocycles. The number of hydrogen-bond acceptors (Lipinski definition) is 3. The fourth-order valence-electron chi connectivity index (χ4n) is 5.36. The van der Waals surface area contributed by atoms with Gasteiger partial charge < -0.3 is 0 Å². The van der Waals surface area contributed by atoms with E-state index in [1.54, 1.807) is 0 Å². The first kappa shape index (κ1) is 11.8. The first-order valence-corrected chi connectivity index (χ1v) is 9.41. The third-order valence-electron chi connectivity index (χ3n) is 6.06. The number of aromatic nitrogens is 2. The third-order valence-corrected chi connectivity index (χ3v) is 7.19. The molecule has 4 heteroatoms. The second-order valence-corrected chi connectivity index (χ2v) is 7.95. The van der Waals surface area contributed by atoms with E-state index < -0.39 is 0 Å². The Morgan fingerprint density at radius 3 is 3.00 bits per heavy atom. The Balaban J connectivity index is 1.44. The number of benzene rings is 1. The summed E-state index contributed by atoms with van der Waals surface area (Å²) < 4.78 is 9.09. The molecule has 104 valence electrons. The molecular formula is C16H19N3Se. The number of hydrogen-bond donors (Lipinski definition) is 1. The molecule has 5 rings (SSSR count). The van der Waals surface area contributed by atoms with E-state index >= 15 is 0 Å². The van der Waals surface area contributed by atoms with Gasteiger partial charge in [0.2, 0.25) is 0 Å². The van der Waals surface area contributed by atoms with E-state index in [-0.39, 0.29) is 15.0 Å². The number of nitrogens with zero attached hydrogens (tertiary/aromatic N) is 2. The molecule has 3 nitrogen and oxygen atoms in total. The molecule has 5 unspecified atom stereocenters. The van der Waals surface area contributed by atoms with Crippen molar-refractivity contribution >= 4 is 31.7 Å². The molecule has 3 fully saturated rings. The average Bonchev–Trinajstić information content (AvgIpc) is 3.20. The SMILES string of the molecule is c1cc(NC2CC3CC2C2CCCC32)c2n[se]nc2c1. The summed E-state index contributed by atoms with van der Waals surface area (Å²) in [6.07, 6.45) is 7.34. The summed E-state index contributed by atoms with van der Waals surface area (Å²) in [6.45, 7) is 0. The van der Waals surface area contributed by atoms with Crippen molar-refractivity contribution in [3.8, 4) is 0 Å². The molecule has 1 N–H and O–H groups in total. The van der Waals surface area contributed by atoms with Crippen LogP contribution in [0.4, 0.5) is 5.69 Å². The van der Waals surface area contributed by atoms with Gasteiger partial charge in [-0.3, -0.25) is 0 Å². The van der Waals surface area contributed by atoms with Gasteiger partial charge in [-0.25, -0.2) is 0 Å². The fourth-order valence-corrected chi connectivity index (χ4v) is 6.51. The van der Waals surface area contributed by atoms with E-state index in [1.807, 2.05) is 0 Å². The zero-order chi connectivity index (χ0) is 13.1. The van der Waals surface area contributed by atoms with Crippen molar-refractivity contribution in [2.45, 2.75) is 38.1 Å². The van der Waals surface area contributed by atoms with Gasteiger partial charge >= 0.3 is 125 Å². The molecule has 1 heterocycles. The molecule has 0 amide bonds. The molecule has 1 aromatic carbocycles. The van der Waals surface area contributed by atoms with Crippen LogP contribution in [0.5, 0.6) is 0 Å². The van der Waals surface area contributed by atoms with Crippen LogP contribution in [0.25, 0.3) is 11.0 Å². The summed E-state index contributed by atoms with van der Waals surface area (Å²) >= 11 is 0.0747. The van der Waals surface area contributed by atoms with Crippen LogP contribution in [0.2, 0.25) is 0 Å². The van der Waals surface area contributed by atoms with Crippen LogP contribution in [0, 0.1) is 23.7 Å². The van der Waals surface area contributed by atoms with Gasteiger partial charge in [-0.05, 0) is 0 Å². The minimum absolute atomic E-state index is 0.0747. The van der Waals surface area contributed by atoms with Gasteiger partial charge in [0.25, 0.3) is 0 Å². The van der Waals surface area contributed by atoms with Crippen LogP contribution >= 0.6 is 0 Å². The second-order valence-electron chi connectivity index (χ2n) is 6.84. The molecule has 1 aromatic heterocycles. The summed E-state index contributed by atoms with van der Waals surface area (Å²) in [5.74, 6) is 4.02. The Hall–Kier alpha value is -0.861.